The Morgan fingerprint density at radius 1 is 1.11 bits per heavy atom. The lowest BCUT2D eigenvalue weighted by Gasteiger charge is -2.23. The maximum Gasteiger partial charge on any atom is 0.124 e. The summed E-state index contributed by atoms with van der Waals surface area (Å²) in [6.45, 7) is 4.14. The summed E-state index contributed by atoms with van der Waals surface area (Å²) >= 11 is 1.68. The average molecular weight is 274 g/mol. The van der Waals surface area contributed by atoms with Crippen molar-refractivity contribution in [3.63, 3.8) is 0 Å². The topological polar surface area (TPSA) is 30.2 Å². The van der Waals surface area contributed by atoms with Gasteiger partial charge in [0.05, 0.1) is 11.5 Å². The van der Waals surface area contributed by atoms with E-state index in [1.54, 1.807) is 18.0 Å². The number of carbonyl (C=O) groups is 1. The fraction of sp³-hybridized carbons (Fsp3) is 0.312. The standard InChI is InChI=1S/C16H18O2S/c1-12(2)14(11-17)16(15-9-6-10-18-15)19-13-7-4-3-5-8-13/h3-12,14,16H,1-2H3. The van der Waals surface area contributed by atoms with Crippen LogP contribution in [0.5, 0.6) is 0 Å². The summed E-state index contributed by atoms with van der Waals surface area (Å²) in [5.41, 5.74) is 0. The molecule has 2 atom stereocenters. The molecule has 2 unspecified atom stereocenters. The Labute approximate surface area is 118 Å². The molecule has 0 aliphatic carbocycles. The second-order valence-electron chi connectivity index (χ2n) is 4.82. The van der Waals surface area contributed by atoms with Crippen molar-refractivity contribution in [3.8, 4) is 0 Å². The van der Waals surface area contributed by atoms with E-state index in [2.05, 4.69) is 26.0 Å². The quantitative estimate of drug-likeness (QED) is 0.570. The molecule has 2 aromatic rings. The predicted octanol–water partition coefficient (Wildman–Crippen LogP) is 4.58. The van der Waals surface area contributed by atoms with Gasteiger partial charge in [0, 0.05) is 10.8 Å². The van der Waals surface area contributed by atoms with Crippen molar-refractivity contribution in [2.75, 3.05) is 0 Å². The smallest absolute Gasteiger partial charge is 0.124 e. The fourth-order valence-electron chi connectivity index (χ4n) is 2.00. The van der Waals surface area contributed by atoms with Gasteiger partial charge in [-0.15, -0.1) is 11.8 Å². The lowest BCUT2D eigenvalue weighted by Crippen LogP contribution is -2.17. The van der Waals surface area contributed by atoms with E-state index in [1.165, 1.54) is 0 Å². The van der Waals surface area contributed by atoms with Crippen molar-refractivity contribution in [1.82, 2.24) is 0 Å². The van der Waals surface area contributed by atoms with Crippen LogP contribution in [0.15, 0.2) is 58.0 Å². The summed E-state index contributed by atoms with van der Waals surface area (Å²) in [6.07, 6.45) is 2.71. The molecule has 19 heavy (non-hydrogen) atoms. The molecule has 0 aliphatic heterocycles. The Hall–Kier alpha value is -1.48. The molecule has 2 rings (SSSR count). The normalized spacial score (nSPS) is 14.3. The van der Waals surface area contributed by atoms with Crippen molar-refractivity contribution in [2.24, 2.45) is 11.8 Å². The molecule has 0 bridgehead atoms. The summed E-state index contributed by atoms with van der Waals surface area (Å²) in [5.74, 6) is 1.08. The lowest BCUT2D eigenvalue weighted by atomic mass is 9.92. The maximum atomic E-state index is 11.4. The number of thioether (sulfide) groups is 1. The number of hydrogen-bond acceptors (Lipinski definition) is 3. The first-order valence-corrected chi connectivity index (χ1v) is 7.30. The third kappa shape index (κ3) is 3.51. The Morgan fingerprint density at radius 3 is 2.37 bits per heavy atom. The van der Waals surface area contributed by atoms with Crippen LogP contribution in [0, 0.1) is 11.8 Å². The van der Waals surface area contributed by atoms with E-state index < -0.39 is 0 Å². The minimum Gasteiger partial charge on any atom is -0.468 e. The van der Waals surface area contributed by atoms with E-state index in [0.717, 1.165) is 16.9 Å². The molecule has 0 saturated heterocycles. The maximum absolute atomic E-state index is 11.4. The molecular weight excluding hydrogens is 256 g/mol. The second-order valence-corrected chi connectivity index (χ2v) is 6.04. The van der Waals surface area contributed by atoms with Crippen LogP contribution in [0.25, 0.3) is 0 Å². The van der Waals surface area contributed by atoms with Crippen LogP contribution in [-0.2, 0) is 4.79 Å². The molecular formula is C16H18O2S. The Kier molecular flexibility index (Phi) is 4.86. The molecule has 0 fully saturated rings. The van der Waals surface area contributed by atoms with Crippen LogP contribution in [0.1, 0.15) is 24.9 Å². The van der Waals surface area contributed by atoms with Crippen LogP contribution in [-0.4, -0.2) is 6.29 Å². The largest absolute Gasteiger partial charge is 0.468 e. The highest BCUT2D eigenvalue weighted by molar-refractivity contribution is 7.99. The number of carbonyl (C=O) groups excluding carboxylic acids is 1. The van der Waals surface area contributed by atoms with Gasteiger partial charge in [0.15, 0.2) is 0 Å². The molecule has 0 saturated carbocycles. The number of hydrogen-bond donors (Lipinski definition) is 0. The summed E-state index contributed by atoms with van der Waals surface area (Å²) < 4.78 is 5.52. The van der Waals surface area contributed by atoms with Gasteiger partial charge in [0.25, 0.3) is 0 Å². The van der Waals surface area contributed by atoms with Crippen molar-refractivity contribution in [2.45, 2.75) is 24.0 Å². The van der Waals surface area contributed by atoms with Gasteiger partial charge in [-0.25, -0.2) is 0 Å². The highest BCUT2D eigenvalue weighted by Gasteiger charge is 2.28. The van der Waals surface area contributed by atoms with Gasteiger partial charge in [-0.3, -0.25) is 0 Å². The average Bonchev–Trinajstić information content (AvgIpc) is 2.93. The van der Waals surface area contributed by atoms with E-state index in [9.17, 15) is 4.79 Å². The van der Waals surface area contributed by atoms with Crippen molar-refractivity contribution >= 4 is 18.0 Å². The third-order valence-electron chi connectivity index (χ3n) is 3.11. The second kappa shape index (κ2) is 6.62. The van der Waals surface area contributed by atoms with Gasteiger partial charge < -0.3 is 9.21 Å². The number of aldehydes is 1. The zero-order valence-corrected chi connectivity index (χ0v) is 12.0. The Morgan fingerprint density at radius 2 is 1.84 bits per heavy atom. The molecule has 1 aromatic heterocycles. The first-order chi connectivity index (χ1) is 9.22. The van der Waals surface area contributed by atoms with Crippen LogP contribution in [0.2, 0.25) is 0 Å². The molecule has 0 radical (unpaired) electrons. The monoisotopic (exact) mass is 274 g/mol. The molecule has 0 spiro atoms. The first-order valence-electron chi connectivity index (χ1n) is 6.42. The molecule has 1 aromatic carbocycles. The zero-order chi connectivity index (χ0) is 13.7. The molecule has 0 aliphatic rings. The van der Waals surface area contributed by atoms with E-state index in [-0.39, 0.29) is 17.1 Å². The number of furan rings is 1. The van der Waals surface area contributed by atoms with E-state index in [1.807, 2.05) is 30.3 Å². The van der Waals surface area contributed by atoms with Gasteiger partial charge in [-0.1, -0.05) is 32.0 Å². The van der Waals surface area contributed by atoms with Gasteiger partial charge in [-0.2, -0.15) is 0 Å². The summed E-state index contributed by atoms with van der Waals surface area (Å²) in [4.78, 5) is 12.6. The van der Waals surface area contributed by atoms with Crippen molar-refractivity contribution in [1.29, 1.82) is 0 Å². The molecule has 3 heteroatoms. The van der Waals surface area contributed by atoms with E-state index >= 15 is 0 Å². The molecule has 100 valence electrons. The molecule has 2 nitrogen and oxygen atoms in total. The number of rotatable bonds is 6. The predicted molar refractivity (Wildman–Crippen MR) is 78.1 cm³/mol. The van der Waals surface area contributed by atoms with Gasteiger partial charge in [-0.05, 0) is 30.2 Å². The van der Waals surface area contributed by atoms with Gasteiger partial charge in [0.1, 0.15) is 12.0 Å². The Bertz CT molecular complexity index is 491. The van der Waals surface area contributed by atoms with E-state index in [4.69, 9.17) is 4.42 Å². The van der Waals surface area contributed by atoms with Gasteiger partial charge in [0.2, 0.25) is 0 Å². The highest BCUT2D eigenvalue weighted by Crippen LogP contribution is 2.42. The summed E-state index contributed by atoms with van der Waals surface area (Å²) in [6, 6.07) is 13.9. The van der Waals surface area contributed by atoms with Crippen LogP contribution < -0.4 is 0 Å². The SMILES string of the molecule is CC(C)C(C=O)C(Sc1ccccc1)c1ccco1. The molecule has 0 amide bonds. The van der Waals surface area contributed by atoms with Crippen LogP contribution in [0.4, 0.5) is 0 Å². The van der Waals surface area contributed by atoms with Crippen LogP contribution >= 0.6 is 11.8 Å². The third-order valence-corrected chi connectivity index (χ3v) is 4.45. The zero-order valence-electron chi connectivity index (χ0n) is 11.2. The minimum absolute atomic E-state index is 0.0231. The fourth-order valence-corrected chi connectivity index (χ4v) is 3.40. The summed E-state index contributed by atoms with van der Waals surface area (Å²) in [5, 5.41) is 0.0231. The summed E-state index contributed by atoms with van der Waals surface area (Å²) in [7, 11) is 0. The van der Waals surface area contributed by atoms with Crippen LogP contribution in [0.3, 0.4) is 0 Å². The Balaban J connectivity index is 2.27. The van der Waals surface area contributed by atoms with Crippen molar-refractivity contribution in [3.05, 3.63) is 54.5 Å². The lowest BCUT2D eigenvalue weighted by molar-refractivity contribution is -0.112. The van der Waals surface area contributed by atoms with Crippen molar-refractivity contribution < 1.29 is 9.21 Å². The molecule has 0 N–H and O–H groups in total. The molecule has 1 heterocycles. The van der Waals surface area contributed by atoms with E-state index in [0.29, 0.717) is 0 Å². The highest BCUT2D eigenvalue weighted by atomic mass is 32.2. The van der Waals surface area contributed by atoms with Gasteiger partial charge >= 0.3 is 0 Å². The number of benzene rings is 1. The minimum atomic E-state index is -0.0589. The first kappa shape index (κ1) is 13.9.